The van der Waals surface area contributed by atoms with E-state index in [2.05, 4.69) is 31.0 Å². The van der Waals surface area contributed by atoms with E-state index in [0.29, 0.717) is 6.42 Å². The van der Waals surface area contributed by atoms with Gasteiger partial charge in [0.2, 0.25) is 5.91 Å². The molecule has 1 aromatic heterocycles. The van der Waals surface area contributed by atoms with Crippen LogP contribution in [0.1, 0.15) is 44.7 Å². The minimum atomic E-state index is -0.0302. The highest BCUT2D eigenvalue weighted by molar-refractivity contribution is 5.85. The Morgan fingerprint density at radius 1 is 1.43 bits per heavy atom. The maximum atomic E-state index is 12.4. The zero-order valence-electron chi connectivity index (χ0n) is 12.7. The number of hydrogen-bond donors (Lipinski definition) is 2. The summed E-state index contributed by atoms with van der Waals surface area (Å²) in [5, 5.41) is 1.17. The number of aromatic nitrogens is 1. The van der Waals surface area contributed by atoms with E-state index in [0.717, 1.165) is 23.9 Å². The third kappa shape index (κ3) is 2.33. The smallest absolute Gasteiger partial charge is 0.223 e. The number of nitrogens with one attached hydrogen (secondary N) is 1. The number of carbonyl (C=O) groups is 1. The number of fused-ring (bicyclic) bond motifs is 1. The monoisotopic (exact) mass is 285 g/mol. The topological polar surface area (TPSA) is 62.1 Å². The third-order valence-corrected chi connectivity index (χ3v) is 4.69. The molecule has 3 rings (SSSR count). The fraction of sp³-hybridized carbons (Fsp3) is 0.471. The average molecular weight is 285 g/mol. The lowest BCUT2D eigenvalue weighted by atomic mass is 9.89. The molecule has 0 aliphatic carbocycles. The third-order valence-electron chi connectivity index (χ3n) is 4.69. The molecule has 21 heavy (non-hydrogen) atoms. The largest absolute Gasteiger partial charge is 0.361 e. The van der Waals surface area contributed by atoms with Gasteiger partial charge in [-0.2, -0.15) is 0 Å². The average Bonchev–Trinajstić information content (AvgIpc) is 2.92. The van der Waals surface area contributed by atoms with Crippen molar-refractivity contribution in [1.29, 1.82) is 0 Å². The van der Waals surface area contributed by atoms with E-state index >= 15 is 0 Å². The number of likely N-dealkylation sites (tertiary alicyclic amines) is 1. The Balaban J connectivity index is 2.09. The summed E-state index contributed by atoms with van der Waals surface area (Å²) in [6, 6.07) is 8.38. The second-order valence-electron chi connectivity index (χ2n) is 6.00. The van der Waals surface area contributed by atoms with Crippen molar-refractivity contribution >= 4 is 16.8 Å². The number of carbonyl (C=O) groups excluding carboxylic acids is 1. The molecule has 2 heterocycles. The molecule has 0 saturated carbocycles. The van der Waals surface area contributed by atoms with Crippen LogP contribution in [0.15, 0.2) is 30.5 Å². The van der Waals surface area contributed by atoms with E-state index in [1.54, 1.807) is 0 Å². The molecule has 4 nitrogen and oxygen atoms in total. The van der Waals surface area contributed by atoms with Gasteiger partial charge in [-0.3, -0.25) is 4.79 Å². The highest BCUT2D eigenvalue weighted by Crippen LogP contribution is 2.36. The van der Waals surface area contributed by atoms with E-state index in [4.69, 9.17) is 5.73 Å². The number of aromatic amines is 1. The van der Waals surface area contributed by atoms with Crippen LogP contribution in [0.5, 0.6) is 0 Å². The Hall–Kier alpha value is -1.81. The van der Waals surface area contributed by atoms with Crippen LogP contribution in [-0.4, -0.2) is 27.9 Å². The molecule has 1 saturated heterocycles. The molecule has 0 radical (unpaired) electrons. The van der Waals surface area contributed by atoms with Crippen molar-refractivity contribution in [2.45, 2.75) is 51.2 Å². The zero-order chi connectivity index (χ0) is 15.0. The minimum Gasteiger partial charge on any atom is -0.361 e. The molecule has 3 atom stereocenters. The normalized spacial score (nSPS) is 24.5. The summed E-state index contributed by atoms with van der Waals surface area (Å²) in [6.45, 7) is 4.22. The summed E-state index contributed by atoms with van der Waals surface area (Å²) in [5.41, 5.74) is 8.64. The van der Waals surface area contributed by atoms with E-state index in [-0.39, 0.29) is 24.0 Å². The van der Waals surface area contributed by atoms with E-state index in [9.17, 15) is 4.79 Å². The minimum absolute atomic E-state index is 0.00379. The van der Waals surface area contributed by atoms with Crippen molar-refractivity contribution < 1.29 is 4.79 Å². The number of hydrogen-bond acceptors (Lipinski definition) is 2. The van der Waals surface area contributed by atoms with Crippen LogP contribution in [0.25, 0.3) is 10.9 Å². The van der Waals surface area contributed by atoms with Crippen LogP contribution in [0.2, 0.25) is 0 Å². The molecule has 1 fully saturated rings. The van der Waals surface area contributed by atoms with Gasteiger partial charge in [-0.1, -0.05) is 25.1 Å². The zero-order valence-corrected chi connectivity index (χ0v) is 12.7. The second kappa shape index (κ2) is 5.53. The number of nitrogens with zero attached hydrogens (tertiary/aromatic N) is 1. The van der Waals surface area contributed by atoms with Gasteiger partial charge in [0.25, 0.3) is 0 Å². The summed E-state index contributed by atoms with van der Waals surface area (Å²) in [7, 11) is 0. The lowest BCUT2D eigenvalue weighted by Gasteiger charge is -2.43. The van der Waals surface area contributed by atoms with Crippen LogP contribution in [0.4, 0.5) is 0 Å². The molecule has 3 N–H and O–H groups in total. The molecule has 112 valence electrons. The maximum absolute atomic E-state index is 12.4. The van der Waals surface area contributed by atoms with Crippen molar-refractivity contribution in [3.63, 3.8) is 0 Å². The van der Waals surface area contributed by atoms with Gasteiger partial charge >= 0.3 is 0 Å². The van der Waals surface area contributed by atoms with Gasteiger partial charge < -0.3 is 15.6 Å². The number of nitrogens with two attached hydrogens (primary N) is 1. The molecular formula is C17H23N3O. The Morgan fingerprint density at radius 3 is 2.95 bits per heavy atom. The number of piperidine rings is 1. The first-order valence-corrected chi connectivity index (χ1v) is 7.76. The number of rotatable bonds is 3. The SMILES string of the molecule is CCC(C)N1C(=O)CCC(N)C1c1c[nH]c2ccccc12. The quantitative estimate of drug-likeness (QED) is 0.910. The Labute approximate surface area is 125 Å². The summed E-state index contributed by atoms with van der Waals surface area (Å²) in [4.78, 5) is 17.8. The summed E-state index contributed by atoms with van der Waals surface area (Å²) >= 11 is 0. The van der Waals surface area contributed by atoms with Crippen LogP contribution in [0.3, 0.4) is 0 Å². The van der Waals surface area contributed by atoms with Gasteiger partial charge in [-0.15, -0.1) is 0 Å². The first kappa shape index (κ1) is 14.1. The molecule has 4 heteroatoms. The van der Waals surface area contributed by atoms with Crippen molar-refractivity contribution in [2.24, 2.45) is 5.73 Å². The van der Waals surface area contributed by atoms with Gasteiger partial charge in [0, 0.05) is 41.2 Å². The molecule has 3 unspecified atom stereocenters. The molecule has 1 amide bonds. The molecule has 1 aliphatic rings. The summed E-state index contributed by atoms with van der Waals surface area (Å²) in [6.07, 6.45) is 4.28. The molecular weight excluding hydrogens is 262 g/mol. The molecule has 0 bridgehead atoms. The molecule has 1 aliphatic heterocycles. The number of para-hydroxylation sites is 1. The van der Waals surface area contributed by atoms with Crippen LogP contribution in [0, 0.1) is 0 Å². The van der Waals surface area contributed by atoms with E-state index < -0.39 is 0 Å². The highest BCUT2D eigenvalue weighted by atomic mass is 16.2. The first-order valence-electron chi connectivity index (χ1n) is 7.76. The first-order chi connectivity index (χ1) is 10.1. The van der Waals surface area contributed by atoms with Crippen molar-refractivity contribution in [3.8, 4) is 0 Å². The Kier molecular flexibility index (Phi) is 3.72. The van der Waals surface area contributed by atoms with Crippen LogP contribution < -0.4 is 5.73 Å². The number of benzene rings is 1. The van der Waals surface area contributed by atoms with Crippen molar-refractivity contribution in [1.82, 2.24) is 9.88 Å². The van der Waals surface area contributed by atoms with E-state index in [1.165, 1.54) is 5.39 Å². The van der Waals surface area contributed by atoms with Gasteiger partial charge in [-0.25, -0.2) is 0 Å². The fourth-order valence-electron chi connectivity index (χ4n) is 3.37. The van der Waals surface area contributed by atoms with Gasteiger partial charge in [0.05, 0.1) is 6.04 Å². The summed E-state index contributed by atoms with van der Waals surface area (Å²) < 4.78 is 0. The molecule has 0 spiro atoms. The summed E-state index contributed by atoms with van der Waals surface area (Å²) in [5.74, 6) is 0.223. The number of H-pyrrole nitrogens is 1. The molecule has 2 aromatic rings. The molecule has 1 aromatic carbocycles. The van der Waals surface area contributed by atoms with Crippen molar-refractivity contribution in [2.75, 3.05) is 0 Å². The Bertz CT molecular complexity index is 648. The predicted molar refractivity (Wildman–Crippen MR) is 84.8 cm³/mol. The lowest BCUT2D eigenvalue weighted by Crippen LogP contribution is -2.52. The Morgan fingerprint density at radius 2 is 2.19 bits per heavy atom. The highest BCUT2D eigenvalue weighted by Gasteiger charge is 2.38. The standard InChI is InChI=1S/C17H23N3O/c1-3-11(2)20-16(21)9-8-14(18)17(20)13-10-19-15-7-5-4-6-12(13)15/h4-7,10-11,14,17,19H,3,8-9,18H2,1-2H3. The van der Waals surface area contributed by atoms with Gasteiger partial charge in [0.15, 0.2) is 0 Å². The second-order valence-corrected chi connectivity index (χ2v) is 6.00. The van der Waals surface area contributed by atoms with Crippen molar-refractivity contribution in [3.05, 3.63) is 36.0 Å². The number of amides is 1. The van der Waals surface area contributed by atoms with Crippen LogP contribution >= 0.6 is 0 Å². The lowest BCUT2D eigenvalue weighted by molar-refractivity contribution is -0.140. The van der Waals surface area contributed by atoms with E-state index in [1.807, 2.05) is 23.2 Å². The maximum Gasteiger partial charge on any atom is 0.223 e. The van der Waals surface area contributed by atoms with Crippen LogP contribution in [-0.2, 0) is 4.79 Å². The fourth-order valence-corrected chi connectivity index (χ4v) is 3.37. The predicted octanol–water partition coefficient (Wildman–Crippen LogP) is 2.96. The van der Waals surface area contributed by atoms with Gasteiger partial charge in [0.1, 0.15) is 0 Å². The van der Waals surface area contributed by atoms with Gasteiger partial charge in [-0.05, 0) is 25.8 Å².